The van der Waals surface area contributed by atoms with E-state index in [4.69, 9.17) is 0 Å². The normalized spacial score (nSPS) is 31.4. The molecule has 0 bridgehead atoms. The summed E-state index contributed by atoms with van der Waals surface area (Å²) in [6.45, 7) is 6.06. The van der Waals surface area contributed by atoms with Crippen LogP contribution in [0.5, 0.6) is 0 Å². The first-order valence-corrected chi connectivity index (χ1v) is 5.45. The number of aliphatic hydroxyl groups is 1. The van der Waals surface area contributed by atoms with E-state index in [0.29, 0.717) is 11.8 Å². The highest BCUT2D eigenvalue weighted by atomic mass is 32.1. The van der Waals surface area contributed by atoms with Crippen LogP contribution in [0.3, 0.4) is 0 Å². The fourth-order valence-corrected chi connectivity index (χ4v) is 2.74. The van der Waals surface area contributed by atoms with Gasteiger partial charge in [-0.3, -0.25) is 0 Å². The number of rotatable bonds is 2. The van der Waals surface area contributed by atoms with Gasteiger partial charge in [0.15, 0.2) is 0 Å². The summed E-state index contributed by atoms with van der Waals surface area (Å²) in [5, 5.41) is 10.3. The lowest BCUT2D eigenvalue weighted by Crippen LogP contribution is -2.23. The summed E-state index contributed by atoms with van der Waals surface area (Å²) in [4.78, 5) is 1.01. The van der Waals surface area contributed by atoms with Gasteiger partial charge in [-0.05, 0) is 49.7 Å². The zero-order valence-corrected chi connectivity index (χ0v) is 9.06. The van der Waals surface area contributed by atoms with E-state index in [1.165, 1.54) is 11.5 Å². The summed E-state index contributed by atoms with van der Waals surface area (Å²) in [6, 6.07) is 2.00. The first kappa shape index (κ1) is 9.16. The fourth-order valence-electron chi connectivity index (χ4n) is 1.89. The van der Waals surface area contributed by atoms with Crippen molar-refractivity contribution >= 4 is 11.5 Å². The molecule has 0 amide bonds. The maximum absolute atomic E-state index is 10.3. The minimum atomic E-state index is -0.647. The first-order valence-electron chi connectivity index (χ1n) is 4.68. The lowest BCUT2D eigenvalue weighted by molar-refractivity contribution is 0.0320. The predicted octanol–water partition coefficient (Wildman–Crippen LogP) is 2.32. The number of aryl methyl sites for hydroxylation is 1. The van der Waals surface area contributed by atoms with Gasteiger partial charge < -0.3 is 5.11 Å². The Balaban J connectivity index is 2.24. The molecule has 1 aromatic rings. The summed E-state index contributed by atoms with van der Waals surface area (Å²) in [7, 11) is 0. The van der Waals surface area contributed by atoms with Gasteiger partial charge in [-0.2, -0.15) is 4.37 Å². The number of aromatic nitrogens is 1. The highest BCUT2D eigenvalue weighted by molar-refractivity contribution is 7.06. The average molecular weight is 197 g/mol. The number of hydrogen-bond acceptors (Lipinski definition) is 3. The van der Waals surface area contributed by atoms with Crippen LogP contribution < -0.4 is 0 Å². The van der Waals surface area contributed by atoms with Crippen LogP contribution >= 0.6 is 11.5 Å². The fraction of sp³-hybridized carbons (Fsp3) is 0.700. The molecule has 0 aromatic carbocycles. The van der Waals surface area contributed by atoms with E-state index in [0.717, 1.165) is 17.0 Å². The molecule has 72 valence electrons. The second kappa shape index (κ2) is 2.79. The van der Waals surface area contributed by atoms with Crippen LogP contribution in [0, 0.1) is 18.8 Å². The van der Waals surface area contributed by atoms with Crippen LogP contribution in [0.25, 0.3) is 0 Å². The van der Waals surface area contributed by atoms with Crippen molar-refractivity contribution in [3.63, 3.8) is 0 Å². The van der Waals surface area contributed by atoms with Gasteiger partial charge in [-0.15, -0.1) is 0 Å². The van der Waals surface area contributed by atoms with Gasteiger partial charge >= 0.3 is 0 Å². The molecule has 2 rings (SSSR count). The first-order chi connectivity index (χ1) is 6.01. The van der Waals surface area contributed by atoms with Crippen molar-refractivity contribution in [3.05, 3.63) is 16.6 Å². The van der Waals surface area contributed by atoms with Crippen molar-refractivity contribution in [2.24, 2.45) is 11.8 Å². The molecule has 3 unspecified atom stereocenters. The van der Waals surface area contributed by atoms with Crippen molar-refractivity contribution in [1.29, 1.82) is 0 Å². The van der Waals surface area contributed by atoms with Gasteiger partial charge in [0.25, 0.3) is 0 Å². The highest BCUT2D eigenvalue weighted by Crippen LogP contribution is 2.51. The lowest BCUT2D eigenvalue weighted by Gasteiger charge is -2.21. The average Bonchev–Trinajstić information content (AvgIpc) is 2.60. The van der Waals surface area contributed by atoms with E-state index in [-0.39, 0.29) is 0 Å². The lowest BCUT2D eigenvalue weighted by atomic mass is 9.97. The maximum atomic E-state index is 10.3. The molecule has 1 heterocycles. The van der Waals surface area contributed by atoms with E-state index >= 15 is 0 Å². The van der Waals surface area contributed by atoms with Gasteiger partial charge in [0.2, 0.25) is 0 Å². The molecule has 0 aliphatic heterocycles. The largest absolute Gasteiger partial charge is 0.384 e. The van der Waals surface area contributed by atoms with Crippen molar-refractivity contribution in [2.45, 2.75) is 32.8 Å². The Morgan fingerprint density at radius 2 is 2.31 bits per heavy atom. The smallest absolute Gasteiger partial charge is 0.101 e. The summed E-state index contributed by atoms with van der Waals surface area (Å²) in [6.07, 6.45) is 1.14. The topological polar surface area (TPSA) is 33.1 Å². The van der Waals surface area contributed by atoms with Gasteiger partial charge in [0, 0.05) is 0 Å². The van der Waals surface area contributed by atoms with Crippen molar-refractivity contribution in [3.8, 4) is 0 Å². The molecule has 1 aliphatic rings. The molecule has 1 saturated carbocycles. The predicted molar refractivity (Wildman–Crippen MR) is 53.7 cm³/mol. The van der Waals surface area contributed by atoms with Crippen LogP contribution in [0.1, 0.15) is 30.8 Å². The molecule has 1 fully saturated rings. The quantitative estimate of drug-likeness (QED) is 0.789. The Hall–Kier alpha value is -0.410. The molecule has 0 radical (unpaired) electrons. The summed E-state index contributed by atoms with van der Waals surface area (Å²) in [5.41, 5.74) is 0.360. The third-order valence-electron chi connectivity index (χ3n) is 2.96. The monoisotopic (exact) mass is 197 g/mol. The summed E-state index contributed by atoms with van der Waals surface area (Å²) in [5.74, 6) is 1.10. The maximum Gasteiger partial charge on any atom is 0.101 e. The second-order valence-corrected chi connectivity index (χ2v) is 5.10. The van der Waals surface area contributed by atoms with Gasteiger partial charge in [0.1, 0.15) is 5.60 Å². The van der Waals surface area contributed by atoms with Gasteiger partial charge in [-0.1, -0.05) is 6.92 Å². The summed E-state index contributed by atoms with van der Waals surface area (Å²) < 4.78 is 4.20. The zero-order valence-electron chi connectivity index (χ0n) is 8.24. The Bertz CT molecular complexity index is 318. The molecule has 3 atom stereocenters. The van der Waals surface area contributed by atoms with Gasteiger partial charge in [-0.25, -0.2) is 0 Å². The SMILES string of the molecule is Cc1cc(C(C)(O)C2CC2C)sn1. The van der Waals surface area contributed by atoms with E-state index in [2.05, 4.69) is 11.3 Å². The van der Waals surface area contributed by atoms with Crippen LogP contribution in [0.4, 0.5) is 0 Å². The molecule has 1 N–H and O–H groups in total. The van der Waals surface area contributed by atoms with Crippen molar-refractivity contribution < 1.29 is 5.11 Å². The highest BCUT2D eigenvalue weighted by Gasteiger charge is 2.48. The molecule has 2 nitrogen and oxygen atoms in total. The Kier molecular flexibility index (Phi) is 1.96. The van der Waals surface area contributed by atoms with Gasteiger partial charge in [0.05, 0.1) is 10.6 Å². The Morgan fingerprint density at radius 3 is 2.69 bits per heavy atom. The molecule has 1 aliphatic carbocycles. The third kappa shape index (κ3) is 1.51. The molecular weight excluding hydrogens is 182 g/mol. The van der Waals surface area contributed by atoms with Crippen LogP contribution in [-0.4, -0.2) is 9.48 Å². The molecule has 3 heteroatoms. The second-order valence-electron chi connectivity index (χ2n) is 4.30. The summed E-state index contributed by atoms with van der Waals surface area (Å²) >= 11 is 1.43. The molecule has 1 aromatic heterocycles. The van der Waals surface area contributed by atoms with E-state index in [1.807, 2.05) is 19.9 Å². The van der Waals surface area contributed by atoms with Crippen LogP contribution in [-0.2, 0) is 5.60 Å². The van der Waals surface area contributed by atoms with E-state index < -0.39 is 5.60 Å². The Labute approximate surface area is 82.8 Å². The minimum Gasteiger partial charge on any atom is -0.384 e. The van der Waals surface area contributed by atoms with E-state index in [9.17, 15) is 5.11 Å². The molecular formula is C10H15NOS. The number of nitrogens with zero attached hydrogens (tertiary/aromatic N) is 1. The zero-order chi connectivity index (χ0) is 9.64. The third-order valence-corrected chi connectivity index (χ3v) is 4.07. The van der Waals surface area contributed by atoms with Crippen LogP contribution in [0.15, 0.2) is 6.07 Å². The van der Waals surface area contributed by atoms with Crippen molar-refractivity contribution in [1.82, 2.24) is 4.37 Å². The number of hydrogen-bond donors (Lipinski definition) is 1. The molecule has 0 saturated heterocycles. The van der Waals surface area contributed by atoms with E-state index in [1.54, 1.807) is 0 Å². The minimum absolute atomic E-state index is 0.437. The standard InChI is InChI=1S/C10H15NOS/c1-6-4-8(6)10(3,12)9-5-7(2)11-13-9/h5-6,8,12H,4H2,1-3H3. The Morgan fingerprint density at radius 1 is 1.69 bits per heavy atom. The molecule has 0 spiro atoms. The van der Waals surface area contributed by atoms with Crippen LogP contribution in [0.2, 0.25) is 0 Å². The molecule has 13 heavy (non-hydrogen) atoms. The van der Waals surface area contributed by atoms with Crippen molar-refractivity contribution in [2.75, 3.05) is 0 Å².